The van der Waals surface area contributed by atoms with E-state index in [0.29, 0.717) is 55.8 Å². The van der Waals surface area contributed by atoms with Crippen molar-refractivity contribution in [2.45, 2.75) is 105 Å². The number of cyclic esters (lactones) is 1. The van der Waals surface area contributed by atoms with Crippen molar-refractivity contribution in [2.75, 3.05) is 25.1 Å². The molecule has 290 valence electrons. The number of esters is 1. The molecule has 0 unspecified atom stereocenters. The fourth-order valence-electron chi connectivity index (χ4n) is 4.93. The summed E-state index contributed by atoms with van der Waals surface area (Å²) in [4.78, 5) is 62.1. The van der Waals surface area contributed by atoms with Crippen LogP contribution in [0.25, 0.3) is 0 Å². The minimum absolute atomic E-state index is 0.0146. The van der Waals surface area contributed by atoms with E-state index in [-0.39, 0.29) is 42.0 Å². The molecule has 0 fully saturated rings. The van der Waals surface area contributed by atoms with Gasteiger partial charge in [-0.25, -0.2) is 9.59 Å². The Bertz CT molecular complexity index is 1380. The molecule has 0 aliphatic carbocycles. The molecular weight excluding hydrogens is 722 g/mol. The number of nitrogens with one attached hydrogen (secondary N) is 3. The number of hydrogen-bond acceptors (Lipinski definition) is 9. The quantitative estimate of drug-likeness (QED) is 0.0250. The number of amides is 3. The molecule has 1 rings (SSSR count). The molecule has 1 aliphatic rings. The van der Waals surface area contributed by atoms with Gasteiger partial charge in [0.15, 0.2) is 5.78 Å². The lowest BCUT2D eigenvalue weighted by Crippen LogP contribution is -2.48. The molecule has 0 saturated carbocycles. The largest absolute Gasteiger partial charge is 0.458 e. The van der Waals surface area contributed by atoms with Gasteiger partial charge in [-0.15, -0.1) is 0 Å². The van der Waals surface area contributed by atoms with Gasteiger partial charge in [-0.2, -0.15) is 0 Å². The fraction of sp³-hybridized carbons (Fsp3) is 0.564. The molecule has 3 amide bonds. The molecule has 10 nitrogen and oxygen atoms in total. The van der Waals surface area contributed by atoms with Gasteiger partial charge in [-0.3, -0.25) is 14.4 Å². The molecule has 13 heteroatoms. The smallest absolute Gasteiger partial charge is 0.407 e. The number of rotatable bonds is 22. The number of allylic oxidation sites excluding steroid dienone is 6. The maximum Gasteiger partial charge on any atom is 0.407 e. The molecule has 0 saturated heterocycles. The first-order valence-electron chi connectivity index (χ1n) is 17.6. The number of ether oxygens (including phenoxy) is 2. The van der Waals surface area contributed by atoms with Crippen LogP contribution in [-0.4, -0.2) is 73.0 Å². The van der Waals surface area contributed by atoms with Gasteiger partial charge in [0.1, 0.15) is 12.2 Å². The number of halogens is 1. The zero-order valence-electron chi connectivity index (χ0n) is 31.9. The van der Waals surface area contributed by atoms with Crippen molar-refractivity contribution in [3.63, 3.8) is 0 Å². The molecule has 0 bridgehead atoms. The van der Waals surface area contributed by atoms with Crippen molar-refractivity contribution in [3.8, 4) is 0 Å². The average Bonchev–Trinajstić information content (AvgIpc) is 3.06. The van der Waals surface area contributed by atoms with Crippen molar-refractivity contribution in [1.29, 1.82) is 0 Å². The van der Waals surface area contributed by atoms with E-state index in [2.05, 4.69) is 16.0 Å². The Balaban J connectivity index is 2.64. The second-order valence-corrected chi connectivity index (χ2v) is 16.9. The van der Waals surface area contributed by atoms with E-state index in [1.807, 2.05) is 59.1 Å². The van der Waals surface area contributed by atoms with Gasteiger partial charge in [-0.1, -0.05) is 115 Å². The maximum atomic E-state index is 13.2. The van der Waals surface area contributed by atoms with Gasteiger partial charge >= 0.3 is 12.1 Å². The van der Waals surface area contributed by atoms with Gasteiger partial charge in [0.25, 0.3) is 0 Å². The number of hydrogen-bond donors (Lipinski definition) is 3. The van der Waals surface area contributed by atoms with E-state index in [1.165, 1.54) is 6.08 Å². The molecular formula is C39H58ClN3O7S2. The van der Waals surface area contributed by atoms with E-state index < -0.39 is 23.7 Å². The van der Waals surface area contributed by atoms with Crippen molar-refractivity contribution < 1.29 is 33.4 Å². The summed E-state index contributed by atoms with van der Waals surface area (Å²) in [5.74, 6) is -0.0465. The van der Waals surface area contributed by atoms with E-state index in [9.17, 15) is 24.0 Å². The molecule has 1 heterocycles. The highest BCUT2D eigenvalue weighted by Gasteiger charge is 2.31. The van der Waals surface area contributed by atoms with Crippen LogP contribution in [0.15, 0.2) is 70.9 Å². The second-order valence-electron chi connectivity index (χ2n) is 13.7. The van der Waals surface area contributed by atoms with Crippen LogP contribution in [-0.2, 0) is 28.7 Å². The standard InChI is InChI=1S/C39H58ClN3O7S2/c1-27(26-29(3)33-21-18-28(2)37(47)50-33)14-9-12-17-35(46)43-36(39(5,6)7)32(44)16-11-10-15-31(20-19-30(4)40)49-38(48)42-24-13-23-41-34(45)22-25-52-51-8/h9-12,14,17-19,26,29,31,33,36H,13,15-16,20-25H2,1-8H3,(H,41,45)(H,42,48)(H,43,46)/b11-10-,14-9-,17-12-,27-26+,30-19+/t29-,31+,33-,36+/m0/s1. The van der Waals surface area contributed by atoms with Crippen LogP contribution in [0.5, 0.6) is 0 Å². The summed E-state index contributed by atoms with van der Waals surface area (Å²) in [6.45, 7) is 13.9. The summed E-state index contributed by atoms with van der Waals surface area (Å²) in [6, 6.07) is -0.727. The topological polar surface area (TPSA) is 140 Å². The van der Waals surface area contributed by atoms with E-state index >= 15 is 0 Å². The summed E-state index contributed by atoms with van der Waals surface area (Å²) in [5, 5.41) is 8.97. The SMILES string of the molecule is CSSCCC(=O)NCCCNC(=O)O[C@H](C/C=C\CC(=O)[C@@H](NC(=O)\C=C/C=C\C(C)=C\[C@H](C)[C@@H]1CC=C(C)C(=O)O1)C(C)(C)C)C/C=C(\C)Cl. The predicted molar refractivity (Wildman–Crippen MR) is 215 cm³/mol. The lowest BCUT2D eigenvalue weighted by molar-refractivity contribution is -0.147. The highest BCUT2D eigenvalue weighted by atomic mass is 35.5. The van der Waals surface area contributed by atoms with Gasteiger partial charge in [0.2, 0.25) is 11.8 Å². The van der Waals surface area contributed by atoms with Gasteiger partial charge in [-0.05, 0) is 38.9 Å². The molecule has 0 aromatic rings. The summed E-state index contributed by atoms with van der Waals surface area (Å²) >= 11 is 6.02. The van der Waals surface area contributed by atoms with Gasteiger partial charge in [0.05, 0.1) is 6.04 Å². The normalized spacial score (nSPS) is 17.4. The van der Waals surface area contributed by atoms with Crippen molar-refractivity contribution >= 4 is 62.8 Å². The van der Waals surface area contributed by atoms with Crippen LogP contribution < -0.4 is 16.0 Å². The molecule has 4 atom stereocenters. The summed E-state index contributed by atoms with van der Waals surface area (Å²) in [6.07, 6.45) is 19.1. The number of carbonyl (C=O) groups is 5. The minimum Gasteiger partial charge on any atom is -0.458 e. The van der Waals surface area contributed by atoms with Gasteiger partial charge < -0.3 is 25.4 Å². The van der Waals surface area contributed by atoms with E-state index in [4.69, 9.17) is 21.1 Å². The fourth-order valence-corrected chi connectivity index (χ4v) is 6.21. The van der Waals surface area contributed by atoms with Crippen LogP contribution in [0, 0.1) is 11.3 Å². The van der Waals surface area contributed by atoms with E-state index in [1.54, 1.807) is 65.8 Å². The lowest BCUT2D eigenvalue weighted by atomic mass is 9.83. The highest BCUT2D eigenvalue weighted by molar-refractivity contribution is 8.76. The zero-order valence-corrected chi connectivity index (χ0v) is 34.3. The third-order valence-corrected chi connectivity index (χ3v) is 9.81. The summed E-state index contributed by atoms with van der Waals surface area (Å²) in [7, 11) is 3.26. The van der Waals surface area contributed by atoms with Crippen molar-refractivity contribution in [2.24, 2.45) is 11.3 Å². The third-order valence-electron chi connectivity index (χ3n) is 7.84. The molecule has 0 spiro atoms. The first-order valence-corrected chi connectivity index (χ1v) is 20.7. The third kappa shape index (κ3) is 21.3. The Morgan fingerprint density at radius 3 is 2.42 bits per heavy atom. The monoisotopic (exact) mass is 779 g/mol. The number of ketones is 1. The zero-order chi connectivity index (χ0) is 39.1. The van der Waals surface area contributed by atoms with Crippen LogP contribution in [0.1, 0.15) is 87.0 Å². The molecule has 0 radical (unpaired) electrons. The minimum atomic E-state index is -0.727. The van der Waals surface area contributed by atoms with Gasteiger partial charge in [0, 0.05) is 73.5 Å². The van der Waals surface area contributed by atoms with Crippen molar-refractivity contribution in [3.05, 3.63) is 70.9 Å². The number of carbonyl (C=O) groups excluding carboxylic acids is 5. The Morgan fingerprint density at radius 1 is 1.08 bits per heavy atom. The van der Waals surface area contributed by atoms with Crippen LogP contribution in [0.2, 0.25) is 0 Å². The predicted octanol–water partition coefficient (Wildman–Crippen LogP) is 7.91. The molecule has 0 aromatic carbocycles. The molecule has 3 N–H and O–H groups in total. The van der Waals surface area contributed by atoms with Crippen LogP contribution >= 0.6 is 33.2 Å². The highest BCUT2D eigenvalue weighted by Crippen LogP contribution is 2.23. The Kier molecular flexibility index (Phi) is 23.1. The average molecular weight is 780 g/mol. The number of Topliss-reactive ketones (excluding diaryl/α,β-unsaturated/α-hetero) is 1. The second kappa shape index (κ2) is 25.7. The van der Waals surface area contributed by atoms with Crippen LogP contribution in [0.3, 0.4) is 0 Å². The first kappa shape index (κ1) is 46.8. The molecule has 52 heavy (non-hydrogen) atoms. The lowest BCUT2D eigenvalue weighted by Gasteiger charge is -2.29. The Morgan fingerprint density at radius 2 is 1.77 bits per heavy atom. The first-order chi connectivity index (χ1) is 24.5. The molecule has 1 aliphatic heterocycles. The van der Waals surface area contributed by atoms with Crippen molar-refractivity contribution in [1.82, 2.24) is 16.0 Å². The van der Waals surface area contributed by atoms with E-state index in [0.717, 1.165) is 11.3 Å². The Labute approximate surface area is 323 Å². The number of alkyl carbamates (subject to hydrolysis) is 1. The Hall–Kier alpha value is -3.22. The summed E-state index contributed by atoms with van der Waals surface area (Å²) < 4.78 is 11.1. The van der Waals surface area contributed by atoms with Crippen LogP contribution in [0.4, 0.5) is 4.79 Å². The maximum absolute atomic E-state index is 13.2. The molecule has 0 aromatic heterocycles. The summed E-state index contributed by atoms with van der Waals surface area (Å²) in [5.41, 5.74) is 1.07.